The lowest BCUT2D eigenvalue weighted by Crippen LogP contribution is -2.42. The monoisotopic (exact) mass is 490 g/mol. The molecule has 1 fully saturated rings. The number of pyridine rings is 2. The van der Waals surface area contributed by atoms with Gasteiger partial charge >= 0.3 is 0 Å². The third kappa shape index (κ3) is 5.98. The number of nitrogens with zero attached hydrogens (tertiary/aromatic N) is 2. The molecule has 0 saturated carbocycles. The maximum Gasteiger partial charge on any atom is 0.257 e. The molecule has 1 atom stereocenters. The Hall–Kier alpha value is -4.16. The number of carbonyl (C=O) groups excluding carboxylic acids is 2. The predicted molar refractivity (Wildman–Crippen MR) is 144 cm³/mol. The highest BCUT2D eigenvalue weighted by molar-refractivity contribution is 6.05. The van der Waals surface area contributed by atoms with Crippen LogP contribution in [0.3, 0.4) is 0 Å². The Balaban J connectivity index is 1.41. The van der Waals surface area contributed by atoms with Crippen LogP contribution in [0.5, 0.6) is 0 Å². The van der Waals surface area contributed by atoms with E-state index in [1.165, 1.54) is 0 Å². The van der Waals surface area contributed by atoms with Gasteiger partial charge in [-0.2, -0.15) is 0 Å². The van der Waals surface area contributed by atoms with Gasteiger partial charge in [-0.15, -0.1) is 0 Å². The number of hydrogen-bond acceptors (Lipinski definition) is 5. The Morgan fingerprint density at radius 1 is 0.919 bits per heavy atom. The van der Waals surface area contributed by atoms with Crippen molar-refractivity contribution in [1.29, 1.82) is 0 Å². The smallest absolute Gasteiger partial charge is 0.257 e. The molecule has 2 aromatic carbocycles. The summed E-state index contributed by atoms with van der Waals surface area (Å²) < 4.78 is 0. The Morgan fingerprint density at radius 2 is 1.68 bits per heavy atom. The number of nitrogens with one attached hydrogen (secondary N) is 2. The maximum absolute atomic E-state index is 12.9. The minimum atomic E-state index is -0.362. The zero-order chi connectivity index (χ0) is 25.5. The first-order valence-electron chi connectivity index (χ1n) is 12.7. The second-order valence-electron chi connectivity index (χ2n) is 9.43. The summed E-state index contributed by atoms with van der Waals surface area (Å²) >= 11 is 0. The van der Waals surface area contributed by atoms with Crippen molar-refractivity contribution in [2.24, 2.45) is 5.92 Å². The molecule has 0 spiro atoms. The third-order valence-corrected chi connectivity index (χ3v) is 6.96. The van der Waals surface area contributed by atoms with Gasteiger partial charge in [0.2, 0.25) is 5.91 Å². The molecular formula is C31H30N4O2. The third-order valence-electron chi connectivity index (χ3n) is 6.96. The lowest BCUT2D eigenvalue weighted by Gasteiger charge is -2.21. The molecule has 186 valence electrons. The topological polar surface area (TPSA) is 84.0 Å². The van der Waals surface area contributed by atoms with Gasteiger partial charge in [0, 0.05) is 42.8 Å². The standard InChI is InChI=1S/C31H30N4O2/c36-30(35-31(37)27-12-6-16-34-21-27)24-9-3-8-22(17-24)28-13-2-1-7-23(28)18-29(25-10-4-14-32-19-25)26-11-5-15-33-20-26/h1-5,7-11,13-15,17,19-20,27,29,34H,6,12,16,18,21H2,(H,35,36,37). The molecule has 1 aliphatic rings. The summed E-state index contributed by atoms with van der Waals surface area (Å²) in [7, 11) is 0. The molecule has 6 nitrogen and oxygen atoms in total. The van der Waals surface area contributed by atoms with Gasteiger partial charge in [0.1, 0.15) is 0 Å². The van der Waals surface area contributed by atoms with Crippen LogP contribution in [0.15, 0.2) is 97.6 Å². The number of rotatable bonds is 7. The normalized spacial score (nSPS) is 15.3. The fraction of sp³-hybridized carbons (Fsp3) is 0.226. The average Bonchev–Trinajstić information content (AvgIpc) is 2.97. The zero-order valence-electron chi connectivity index (χ0n) is 20.6. The summed E-state index contributed by atoms with van der Waals surface area (Å²) in [5, 5.41) is 5.83. The summed E-state index contributed by atoms with van der Waals surface area (Å²) in [5.74, 6) is -0.660. The first-order valence-corrected chi connectivity index (χ1v) is 12.7. The lowest BCUT2D eigenvalue weighted by atomic mass is 9.85. The van der Waals surface area contributed by atoms with E-state index in [2.05, 4.69) is 44.9 Å². The predicted octanol–water partition coefficient (Wildman–Crippen LogP) is 4.77. The molecule has 3 heterocycles. The molecule has 2 N–H and O–H groups in total. The van der Waals surface area contributed by atoms with Crippen molar-refractivity contribution in [3.63, 3.8) is 0 Å². The summed E-state index contributed by atoms with van der Waals surface area (Å²) in [6.07, 6.45) is 9.87. The van der Waals surface area contributed by atoms with E-state index in [1.54, 1.807) is 18.5 Å². The molecule has 0 radical (unpaired) electrons. The molecule has 0 aliphatic carbocycles. The minimum absolute atomic E-state index is 0.0803. The van der Waals surface area contributed by atoms with Crippen LogP contribution in [0.1, 0.15) is 45.8 Å². The van der Waals surface area contributed by atoms with Crippen LogP contribution in [0.2, 0.25) is 0 Å². The van der Waals surface area contributed by atoms with Crippen LogP contribution in [-0.4, -0.2) is 34.9 Å². The molecule has 0 bridgehead atoms. The van der Waals surface area contributed by atoms with Crippen molar-refractivity contribution in [2.75, 3.05) is 13.1 Å². The number of aromatic nitrogens is 2. The number of carbonyl (C=O) groups is 2. The van der Waals surface area contributed by atoms with Gasteiger partial charge in [0.15, 0.2) is 0 Å². The largest absolute Gasteiger partial charge is 0.316 e. The maximum atomic E-state index is 12.9. The van der Waals surface area contributed by atoms with Gasteiger partial charge in [-0.25, -0.2) is 0 Å². The van der Waals surface area contributed by atoms with Crippen molar-refractivity contribution in [3.05, 3.63) is 120 Å². The van der Waals surface area contributed by atoms with Crippen LogP contribution in [0.4, 0.5) is 0 Å². The van der Waals surface area contributed by atoms with E-state index in [1.807, 2.05) is 54.9 Å². The Bertz CT molecular complexity index is 1310. The molecule has 6 heteroatoms. The zero-order valence-corrected chi connectivity index (χ0v) is 20.6. The van der Waals surface area contributed by atoms with E-state index in [0.717, 1.165) is 53.6 Å². The van der Waals surface area contributed by atoms with E-state index in [0.29, 0.717) is 12.1 Å². The summed E-state index contributed by atoms with van der Waals surface area (Å²) in [4.78, 5) is 34.2. The highest BCUT2D eigenvalue weighted by Gasteiger charge is 2.23. The van der Waals surface area contributed by atoms with E-state index in [4.69, 9.17) is 0 Å². The van der Waals surface area contributed by atoms with Crippen molar-refractivity contribution >= 4 is 11.8 Å². The molecule has 1 unspecified atom stereocenters. The van der Waals surface area contributed by atoms with Crippen LogP contribution < -0.4 is 10.6 Å². The van der Waals surface area contributed by atoms with Crippen LogP contribution >= 0.6 is 0 Å². The van der Waals surface area contributed by atoms with Crippen LogP contribution in [0.25, 0.3) is 11.1 Å². The number of imide groups is 1. The Labute approximate surface area is 217 Å². The molecule has 1 aliphatic heterocycles. The molecule has 5 rings (SSSR count). The molecular weight excluding hydrogens is 460 g/mol. The second-order valence-corrected chi connectivity index (χ2v) is 9.43. The van der Waals surface area contributed by atoms with E-state index < -0.39 is 0 Å². The molecule has 1 saturated heterocycles. The minimum Gasteiger partial charge on any atom is -0.316 e. The van der Waals surface area contributed by atoms with E-state index in [9.17, 15) is 9.59 Å². The molecule has 2 aromatic heterocycles. The number of benzene rings is 2. The summed E-state index contributed by atoms with van der Waals surface area (Å²) in [6.45, 7) is 1.53. The van der Waals surface area contributed by atoms with Crippen molar-refractivity contribution in [2.45, 2.75) is 25.2 Å². The van der Waals surface area contributed by atoms with Gasteiger partial charge in [0.25, 0.3) is 5.91 Å². The van der Waals surface area contributed by atoms with E-state index >= 15 is 0 Å². The van der Waals surface area contributed by atoms with Crippen molar-refractivity contribution < 1.29 is 9.59 Å². The fourth-order valence-electron chi connectivity index (χ4n) is 4.98. The molecule has 4 aromatic rings. The van der Waals surface area contributed by atoms with Gasteiger partial charge < -0.3 is 5.32 Å². The van der Waals surface area contributed by atoms with Crippen molar-refractivity contribution in [1.82, 2.24) is 20.6 Å². The van der Waals surface area contributed by atoms with Gasteiger partial charge in [-0.3, -0.25) is 24.9 Å². The quantitative estimate of drug-likeness (QED) is 0.365. The second kappa shape index (κ2) is 11.7. The Kier molecular flexibility index (Phi) is 7.77. The van der Waals surface area contributed by atoms with Crippen LogP contribution in [0, 0.1) is 5.92 Å². The molecule has 2 amide bonds. The lowest BCUT2D eigenvalue weighted by molar-refractivity contribution is -0.124. The number of hydrogen-bond donors (Lipinski definition) is 2. The number of piperidine rings is 1. The van der Waals surface area contributed by atoms with Gasteiger partial charge in [-0.05, 0) is 77.9 Å². The first kappa shape index (κ1) is 24.5. The van der Waals surface area contributed by atoms with Crippen molar-refractivity contribution in [3.8, 4) is 11.1 Å². The van der Waals surface area contributed by atoms with Crippen LogP contribution in [-0.2, 0) is 11.2 Å². The number of amides is 2. The Morgan fingerprint density at radius 3 is 2.35 bits per heavy atom. The molecule has 37 heavy (non-hydrogen) atoms. The van der Waals surface area contributed by atoms with Gasteiger partial charge in [0.05, 0.1) is 5.92 Å². The summed E-state index contributed by atoms with van der Waals surface area (Å²) in [5.41, 5.74) is 5.86. The fourth-order valence-corrected chi connectivity index (χ4v) is 4.98. The highest BCUT2D eigenvalue weighted by Crippen LogP contribution is 2.32. The summed E-state index contributed by atoms with van der Waals surface area (Å²) in [6, 6.07) is 23.8. The van der Waals surface area contributed by atoms with E-state index in [-0.39, 0.29) is 23.7 Å². The average molecular weight is 491 g/mol. The SMILES string of the molecule is O=C(NC(=O)C1CCCNC1)c1cccc(-c2ccccc2CC(c2cccnc2)c2cccnc2)c1. The first-order chi connectivity index (χ1) is 18.2. The highest BCUT2D eigenvalue weighted by atomic mass is 16.2. The van der Waals surface area contributed by atoms with Gasteiger partial charge in [-0.1, -0.05) is 48.5 Å².